The molecule has 0 fully saturated rings. The van der Waals surface area contributed by atoms with Crippen LogP contribution in [0.25, 0.3) is 0 Å². The van der Waals surface area contributed by atoms with Gasteiger partial charge >= 0.3 is 6.18 Å². The monoisotopic (exact) mass is 292 g/mol. The number of nitrogens with two attached hydrogens (primary N) is 1. The molecule has 3 nitrogen and oxygen atoms in total. The van der Waals surface area contributed by atoms with Crippen LogP contribution in [0.4, 0.5) is 18.9 Å². The highest BCUT2D eigenvalue weighted by atomic mass is 19.4. The molecule has 6 heteroatoms. The van der Waals surface area contributed by atoms with E-state index in [1.807, 2.05) is 0 Å². The Morgan fingerprint density at radius 2 is 1.90 bits per heavy atom. The Morgan fingerprint density at radius 1 is 1.19 bits per heavy atom. The molecule has 0 atom stereocenters. The van der Waals surface area contributed by atoms with Gasteiger partial charge in [0.15, 0.2) is 5.75 Å². The van der Waals surface area contributed by atoms with Gasteiger partial charge in [0.25, 0.3) is 0 Å². The Kier molecular flexibility index (Phi) is 3.76. The van der Waals surface area contributed by atoms with E-state index in [0.29, 0.717) is 5.56 Å². The third-order valence-electron chi connectivity index (χ3n) is 2.87. The smallest absolute Gasteiger partial charge is 0.420 e. The van der Waals surface area contributed by atoms with Crippen molar-refractivity contribution in [3.8, 4) is 17.6 Å². The van der Waals surface area contributed by atoms with Gasteiger partial charge in [0.1, 0.15) is 5.75 Å². The fourth-order valence-corrected chi connectivity index (χ4v) is 1.83. The number of anilines is 1. The molecule has 2 aromatic rings. The van der Waals surface area contributed by atoms with Crippen molar-refractivity contribution < 1.29 is 17.9 Å². The highest BCUT2D eigenvalue weighted by Gasteiger charge is 2.35. The molecular formula is C15H11F3N2O. The maximum Gasteiger partial charge on any atom is 0.420 e. The summed E-state index contributed by atoms with van der Waals surface area (Å²) < 4.78 is 44.5. The van der Waals surface area contributed by atoms with Gasteiger partial charge in [0.05, 0.1) is 22.9 Å². The lowest BCUT2D eigenvalue weighted by Crippen LogP contribution is -2.08. The number of hydrogen-bond acceptors (Lipinski definition) is 3. The average Bonchev–Trinajstić information content (AvgIpc) is 2.42. The van der Waals surface area contributed by atoms with E-state index >= 15 is 0 Å². The van der Waals surface area contributed by atoms with Gasteiger partial charge in [-0.1, -0.05) is 12.1 Å². The first-order valence-electron chi connectivity index (χ1n) is 5.97. The van der Waals surface area contributed by atoms with Gasteiger partial charge in [0, 0.05) is 0 Å². The molecule has 0 aliphatic heterocycles. The Morgan fingerprint density at radius 3 is 2.48 bits per heavy atom. The maximum absolute atomic E-state index is 13.0. The van der Waals surface area contributed by atoms with Crippen molar-refractivity contribution in [2.45, 2.75) is 13.1 Å². The van der Waals surface area contributed by atoms with Crippen molar-refractivity contribution in [2.75, 3.05) is 5.73 Å². The van der Waals surface area contributed by atoms with E-state index in [1.165, 1.54) is 6.07 Å². The molecule has 2 N–H and O–H groups in total. The summed E-state index contributed by atoms with van der Waals surface area (Å²) in [5, 5.41) is 8.72. The number of halogens is 3. The van der Waals surface area contributed by atoms with Gasteiger partial charge in [-0.25, -0.2) is 0 Å². The summed E-state index contributed by atoms with van der Waals surface area (Å²) >= 11 is 0. The minimum absolute atomic E-state index is 0.0903. The van der Waals surface area contributed by atoms with Crippen molar-refractivity contribution in [3.05, 3.63) is 53.1 Å². The largest absolute Gasteiger partial charge is 0.454 e. The lowest BCUT2D eigenvalue weighted by molar-refractivity contribution is -0.138. The summed E-state index contributed by atoms with van der Waals surface area (Å²) in [5.74, 6) is -0.213. The van der Waals surface area contributed by atoms with Crippen molar-refractivity contribution in [3.63, 3.8) is 0 Å². The zero-order chi connectivity index (χ0) is 15.6. The number of benzene rings is 2. The number of para-hydroxylation sites is 1. The molecular weight excluding hydrogens is 281 g/mol. The number of ether oxygens (including phenoxy) is 1. The zero-order valence-electron chi connectivity index (χ0n) is 11.0. The summed E-state index contributed by atoms with van der Waals surface area (Å²) in [6, 6.07) is 9.71. The lowest BCUT2D eigenvalue weighted by Gasteiger charge is -2.16. The van der Waals surface area contributed by atoms with Crippen LogP contribution in [-0.2, 0) is 6.18 Å². The molecule has 2 rings (SSSR count). The summed E-state index contributed by atoms with van der Waals surface area (Å²) in [5.41, 5.74) is 5.49. The van der Waals surface area contributed by atoms with Crippen LogP contribution in [0.15, 0.2) is 36.4 Å². The number of nitriles is 1. The summed E-state index contributed by atoms with van der Waals surface area (Å²) in [6.45, 7) is 1.68. The van der Waals surface area contributed by atoms with E-state index in [1.54, 1.807) is 31.2 Å². The number of hydrogen-bond donors (Lipinski definition) is 1. The van der Waals surface area contributed by atoms with Crippen LogP contribution in [0.3, 0.4) is 0 Å². The highest BCUT2D eigenvalue weighted by Crippen LogP contribution is 2.40. The van der Waals surface area contributed by atoms with Crippen LogP contribution in [0, 0.1) is 18.3 Å². The van der Waals surface area contributed by atoms with Crippen molar-refractivity contribution in [1.82, 2.24) is 0 Å². The fourth-order valence-electron chi connectivity index (χ4n) is 1.83. The Hall–Kier alpha value is -2.68. The molecule has 0 saturated heterocycles. The first-order chi connectivity index (χ1) is 9.82. The second kappa shape index (κ2) is 5.37. The van der Waals surface area contributed by atoms with Crippen LogP contribution < -0.4 is 10.5 Å². The minimum Gasteiger partial charge on any atom is -0.454 e. The normalized spacial score (nSPS) is 11.0. The molecule has 0 heterocycles. The quantitative estimate of drug-likeness (QED) is 0.841. The maximum atomic E-state index is 13.0. The molecule has 0 spiro atoms. The fraction of sp³-hybridized carbons (Fsp3) is 0.133. The molecule has 0 aliphatic rings. The van der Waals surface area contributed by atoms with Gasteiger partial charge < -0.3 is 10.5 Å². The Bertz CT molecular complexity index is 698. The zero-order valence-corrected chi connectivity index (χ0v) is 11.0. The Labute approximate surface area is 119 Å². The first kappa shape index (κ1) is 14.7. The second-order valence-corrected chi connectivity index (χ2v) is 4.42. The summed E-state index contributed by atoms with van der Waals surface area (Å²) in [6.07, 6.45) is -4.63. The van der Waals surface area contributed by atoms with Crippen LogP contribution in [-0.4, -0.2) is 0 Å². The van der Waals surface area contributed by atoms with Crippen LogP contribution in [0.1, 0.15) is 16.7 Å². The van der Waals surface area contributed by atoms with E-state index in [-0.39, 0.29) is 22.7 Å². The third kappa shape index (κ3) is 3.08. The SMILES string of the molecule is Cc1cccc(N)c1Oc1ccc(C#N)cc1C(F)(F)F. The molecule has 21 heavy (non-hydrogen) atoms. The van der Waals surface area contributed by atoms with E-state index < -0.39 is 11.7 Å². The molecule has 0 bridgehead atoms. The van der Waals surface area contributed by atoms with Gasteiger partial charge in [-0.05, 0) is 36.8 Å². The first-order valence-corrected chi connectivity index (χ1v) is 5.97. The molecule has 0 aromatic heterocycles. The number of alkyl halides is 3. The number of rotatable bonds is 2. The van der Waals surface area contributed by atoms with Crippen LogP contribution in [0.2, 0.25) is 0 Å². The van der Waals surface area contributed by atoms with Crippen LogP contribution in [0.5, 0.6) is 11.5 Å². The van der Waals surface area contributed by atoms with E-state index in [9.17, 15) is 13.2 Å². The Balaban J connectivity index is 2.53. The molecule has 108 valence electrons. The summed E-state index contributed by atoms with van der Waals surface area (Å²) in [4.78, 5) is 0. The van der Waals surface area contributed by atoms with Gasteiger partial charge in [0.2, 0.25) is 0 Å². The average molecular weight is 292 g/mol. The minimum atomic E-state index is -4.63. The standard InChI is InChI=1S/C15H11F3N2O/c1-9-3-2-4-12(20)14(9)21-13-6-5-10(8-19)7-11(13)15(16,17)18/h2-7H,20H2,1H3. The number of nitrogen functional groups attached to an aromatic ring is 1. The van der Waals surface area contributed by atoms with E-state index in [0.717, 1.165) is 12.1 Å². The number of nitrogens with zero attached hydrogens (tertiary/aromatic N) is 1. The molecule has 0 aliphatic carbocycles. The van der Waals surface area contributed by atoms with Gasteiger partial charge in [-0.2, -0.15) is 18.4 Å². The van der Waals surface area contributed by atoms with E-state index in [2.05, 4.69) is 0 Å². The molecule has 2 aromatic carbocycles. The molecule has 0 amide bonds. The number of aryl methyl sites for hydroxylation is 1. The third-order valence-corrected chi connectivity index (χ3v) is 2.87. The van der Waals surface area contributed by atoms with Gasteiger partial charge in [-0.15, -0.1) is 0 Å². The topological polar surface area (TPSA) is 59.0 Å². The lowest BCUT2D eigenvalue weighted by atomic mass is 10.1. The van der Waals surface area contributed by atoms with Gasteiger partial charge in [-0.3, -0.25) is 0 Å². The molecule has 0 unspecified atom stereocenters. The summed E-state index contributed by atoms with van der Waals surface area (Å²) in [7, 11) is 0. The predicted molar refractivity (Wildman–Crippen MR) is 71.8 cm³/mol. The van der Waals surface area contributed by atoms with Crippen molar-refractivity contribution in [2.24, 2.45) is 0 Å². The predicted octanol–water partition coefficient (Wildman–Crippen LogP) is 4.26. The van der Waals surface area contributed by atoms with Crippen molar-refractivity contribution >= 4 is 5.69 Å². The van der Waals surface area contributed by atoms with E-state index in [4.69, 9.17) is 15.7 Å². The highest BCUT2D eigenvalue weighted by molar-refractivity contribution is 5.58. The van der Waals surface area contributed by atoms with Crippen molar-refractivity contribution in [1.29, 1.82) is 5.26 Å². The second-order valence-electron chi connectivity index (χ2n) is 4.42. The molecule has 0 saturated carbocycles. The van der Waals surface area contributed by atoms with Crippen LogP contribution >= 0.6 is 0 Å². The molecule has 0 radical (unpaired) electrons.